The molecule has 8 nitrogen and oxygen atoms in total. The highest BCUT2D eigenvalue weighted by molar-refractivity contribution is 7.91. The maximum atomic E-state index is 12.6. The van der Waals surface area contributed by atoms with Crippen LogP contribution >= 0.6 is 11.6 Å². The van der Waals surface area contributed by atoms with E-state index in [1.54, 1.807) is 6.20 Å². The van der Waals surface area contributed by atoms with Crippen molar-refractivity contribution in [2.75, 3.05) is 29.9 Å². The molecule has 2 fully saturated rings. The van der Waals surface area contributed by atoms with Gasteiger partial charge in [-0.3, -0.25) is 4.79 Å². The molecular formula is C23H26ClN5O3S. The van der Waals surface area contributed by atoms with Gasteiger partial charge in [-0.1, -0.05) is 29.8 Å². The number of H-pyrrole nitrogens is 1. The Hall–Kier alpha value is -2.65. The molecule has 0 aliphatic carbocycles. The molecule has 0 radical (unpaired) electrons. The molecule has 0 saturated carbocycles. The van der Waals surface area contributed by atoms with Crippen molar-refractivity contribution in [2.45, 2.75) is 31.7 Å². The van der Waals surface area contributed by atoms with E-state index in [2.05, 4.69) is 20.3 Å². The fourth-order valence-corrected chi connectivity index (χ4v) is 6.81. The van der Waals surface area contributed by atoms with Crippen molar-refractivity contribution in [3.63, 3.8) is 0 Å². The van der Waals surface area contributed by atoms with Crippen molar-refractivity contribution >= 4 is 44.2 Å². The quantitative estimate of drug-likeness (QED) is 0.570. The minimum absolute atomic E-state index is 0.0382. The number of aromatic amines is 1. The zero-order valence-electron chi connectivity index (χ0n) is 18.1. The summed E-state index contributed by atoms with van der Waals surface area (Å²) in [4.78, 5) is 26.8. The number of benzene rings is 1. The molecule has 1 unspecified atom stereocenters. The molecule has 4 heterocycles. The van der Waals surface area contributed by atoms with Crippen LogP contribution in [0.2, 0.25) is 5.02 Å². The van der Waals surface area contributed by atoms with Crippen LogP contribution in [0.4, 0.5) is 5.95 Å². The summed E-state index contributed by atoms with van der Waals surface area (Å²) < 4.78 is 23.3. The smallest absolute Gasteiger partial charge is 0.223 e. The Morgan fingerprint density at radius 3 is 2.76 bits per heavy atom. The van der Waals surface area contributed by atoms with Crippen LogP contribution in [0.5, 0.6) is 0 Å². The largest absolute Gasteiger partial charge is 0.360 e. The number of anilines is 1. The predicted octanol–water partition coefficient (Wildman–Crippen LogP) is 3.51. The van der Waals surface area contributed by atoms with E-state index in [9.17, 15) is 13.2 Å². The van der Waals surface area contributed by atoms with Gasteiger partial charge in [-0.15, -0.1) is 0 Å². The third kappa shape index (κ3) is 4.84. The lowest BCUT2D eigenvalue weighted by Crippen LogP contribution is -2.43. The maximum Gasteiger partial charge on any atom is 0.223 e. The average molecular weight is 488 g/mol. The maximum absolute atomic E-state index is 12.6. The standard InChI is InChI=1S/C23H26ClN5O3S/c24-19-13-26-23(28-22(19)18-12-25-20-4-2-1-3-17(18)20)27-16-5-8-29(9-6-16)21(30)11-15-7-10-33(31,32)14-15/h1-4,12-13,15-16,25H,5-11,14H2,(H,26,27,28). The van der Waals surface area contributed by atoms with Crippen LogP contribution in [0.15, 0.2) is 36.7 Å². The molecule has 2 aromatic heterocycles. The second-order valence-electron chi connectivity index (χ2n) is 8.91. The number of aromatic nitrogens is 3. The third-order valence-corrected chi connectivity index (χ3v) is 8.67. The van der Waals surface area contributed by atoms with Crippen LogP contribution in [-0.2, 0) is 14.6 Å². The van der Waals surface area contributed by atoms with Crippen molar-refractivity contribution in [3.05, 3.63) is 41.7 Å². The number of para-hydroxylation sites is 1. The number of rotatable bonds is 5. The summed E-state index contributed by atoms with van der Waals surface area (Å²) in [7, 11) is -2.96. The van der Waals surface area contributed by atoms with Crippen molar-refractivity contribution in [1.29, 1.82) is 0 Å². The minimum atomic E-state index is -2.96. The van der Waals surface area contributed by atoms with Gasteiger partial charge in [-0.05, 0) is 31.2 Å². The van der Waals surface area contributed by atoms with Gasteiger partial charge in [0, 0.05) is 48.2 Å². The lowest BCUT2D eigenvalue weighted by molar-refractivity contribution is -0.133. The molecule has 0 spiro atoms. The van der Waals surface area contributed by atoms with Crippen molar-refractivity contribution in [1.82, 2.24) is 19.9 Å². The normalized spacial score (nSPS) is 20.9. The highest BCUT2D eigenvalue weighted by Crippen LogP contribution is 2.32. The highest BCUT2D eigenvalue weighted by Gasteiger charge is 2.32. The Bertz CT molecular complexity index is 1280. The average Bonchev–Trinajstić information content (AvgIpc) is 3.38. The van der Waals surface area contributed by atoms with E-state index in [1.807, 2.05) is 35.4 Å². The van der Waals surface area contributed by atoms with Crippen molar-refractivity contribution in [2.24, 2.45) is 5.92 Å². The summed E-state index contributed by atoms with van der Waals surface area (Å²) >= 11 is 6.42. The summed E-state index contributed by atoms with van der Waals surface area (Å²) in [6, 6.07) is 8.14. The lowest BCUT2D eigenvalue weighted by Gasteiger charge is -2.33. The number of hydrogen-bond acceptors (Lipinski definition) is 6. The molecule has 2 N–H and O–H groups in total. The molecule has 0 bridgehead atoms. The molecule has 1 atom stereocenters. The number of carbonyl (C=O) groups is 1. The van der Waals surface area contributed by atoms with Crippen LogP contribution in [0.25, 0.3) is 22.2 Å². The van der Waals surface area contributed by atoms with Gasteiger partial charge in [-0.25, -0.2) is 18.4 Å². The van der Waals surface area contributed by atoms with Crippen LogP contribution in [0.3, 0.4) is 0 Å². The van der Waals surface area contributed by atoms with Crippen molar-refractivity contribution < 1.29 is 13.2 Å². The summed E-state index contributed by atoms with van der Waals surface area (Å²) in [5.74, 6) is 0.881. The molecule has 1 aromatic carbocycles. The second-order valence-corrected chi connectivity index (χ2v) is 11.5. The first-order chi connectivity index (χ1) is 15.9. The molecule has 1 amide bonds. The summed E-state index contributed by atoms with van der Waals surface area (Å²) in [5.41, 5.74) is 2.62. The van der Waals surface area contributed by atoms with Crippen LogP contribution in [-0.4, -0.2) is 64.8 Å². The summed E-state index contributed by atoms with van der Waals surface area (Å²) in [6.07, 6.45) is 6.00. The molecule has 33 heavy (non-hydrogen) atoms. The number of likely N-dealkylation sites (tertiary alicyclic amines) is 1. The van der Waals surface area contributed by atoms with Gasteiger partial charge in [0.1, 0.15) is 0 Å². The first-order valence-electron chi connectivity index (χ1n) is 11.2. The minimum Gasteiger partial charge on any atom is -0.360 e. The highest BCUT2D eigenvalue weighted by atomic mass is 35.5. The molecule has 5 rings (SSSR count). The summed E-state index contributed by atoms with van der Waals surface area (Å²) in [6.45, 7) is 1.28. The molecule has 10 heteroatoms. The SMILES string of the molecule is O=C(CC1CCS(=O)(=O)C1)N1CCC(Nc2ncc(Cl)c(-c3c[nH]c4ccccc34)n2)CC1. The molecule has 174 valence electrons. The monoisotopic (exact) mass is 487 g/mol. The Morgan fingerprint density at radius 2 is 2.00 bits per heavy atom. The molecular weight excluding hydrogens is 462 g/mol. The number of fused-ring (bicyclic) bond motifs is 1. The van der Waals surface area contributed by atoms with E-state index in [1.165, 1.54) is 0 Å². The van der Waals surface area contributed by atoms with Gasteiger partial charge >= 0.3 is 0 Å². The van der Waals surface area contributed by atoms with Gasteiger partial charge in [-0.2, -0.15) is 0 Å². The topological polar surface area (TPSA) is 108 Å². The molecule has 2 saturated heterocycles. The molecule has 3 aromatic rings. The van der Waals surface area contributed by atoms with Crippen LogP contribution < -0.4 is 5.32 Å². The van der Waals surface area contributed by atoms with E-state index in [-0.39, 0.29) is 29.4 Å². The first kappa shape index (κ1) is 22.2. The Kier molecular flexibility index (Phi) is 6.01. The first-order valence-corrected chi connectivity index (χ1v) is 13.4. The number of nitrogens with zero attached hydrogens (tertiary/aromatic N) is 3. The Balaban J connectivity index is 1.21. The zero-order valence-corrected chi connectivity index (χ0v) is 19.7. The van der Waals surface area contributed by atoms with Crippen LogP contribution in [0, 0.1) is 5.92 Å². The molecule has 2 aliphatic heterocycles. The van der Waals surface area contributed by atoms with E-state index >= 15 is 0 Å². The fraction of sp³-hybridized carbons (Fsp3) is 0.435. The third-order valence-electron chi connectivity index (χ3n) is 6.56. The van der Waals surface area contributed by atoms with Gasteiger partial charge in [0.25, 0.3) is 0 Å². The number of carbonyl (C=O) groups excluding carboxylic acids is 1. The van der Waals surface area contributed by atoms with Crippen LogP contribution in [0.1, 0.15) is 25.7 Å². The van der Waals surface area contributed by atoms with Gasteiger partial charge in [0.15, 0.2) is 9.84 Å². The predicted molar refractivity (Wildman–Crippen MR) is 129 cm³/mol. The number of amides is 1. The van der Waals surface area contributed by atoms with E-state index < -0.39 is 9.84 Å². The van der Waals surface area contributed by atoms with Crippen molar-refractivity contribution in [3.8, 4) is 11.3 Å². The summed E-state index contributed by atoms with van der Waals surface area (Å²) in [5, 5.41) is 4.93. The zero-order chi connectivity index (χ0) is 23.0. The van der Waals surface area contributed by atoms with E-state index in [0.29, 0.717) is 42.6 Å². The Labute approximate surface area is 197 Å². The van der Waals surface area contributed by atoms with E-state index in [0.717, 1.165) is 29.3 Å². The lowest BCUT2D eigenvalue weighted by atomic mass is 10.0. The number of nitrogens with one attached hydrogen (secondary N) is 2. The Morgan fingerprint density at radius 1 is 1.21 bits per heavy atom. The van der Waals surface area contributed by atoms with E-state index in [4.69, 9.17) is 11.6 Å². The fourth-order valence-electron chi connectivity index (χ4n) is 4.76. The van der Waals surface area contributed by atoms with Gasteiger partial charge < -0.3 is 15.2 Å². The second kappa shape index (κ2) is 8.95. The molecule has 2 aliphatic rings. The number of sulfone groups is 1. The van der Waals surface area contributed by atoms with Gasteiger partial charge in [0.2, 0.25) is 11.9 Å². The number of hydrogen-bond donors (Lipinski definition) is 2. The number of halogens is 1. The number of piperidine rings is 1. The van der Waals surface area contributed by atoms with Gasteiger partial charge in [0.05, 0.1) is 28.4 Å².